The van der Waals surface area contributed by atoms with E-state index >= 15 is 0 Å². The summed E-state index contributed by atoms with van der Waals surface area (Å²) in [7, 11) is 4.49. The lowest BCUT2D eigenvalue weighted by Gasteiger charge is -2.20. The lowest BCUT2D eigenvalue weighted by Crippen LogP contribution is -2.31. The molecular weight excluding hydrogens is 86.1 g/mol. The fraction of sp³-hybridized carbons (Fsp3) is 0.833. The van der Waals surface area contributed by atoms with Gasteiger partial charge in [-0.25, -0.2) is 0 Å². The zero-order valence-electron chi connectivity index (χ0n) is 5.15. The second kappa shape index (κ2) is 1.48. The third kappa shape index (κ3) is 1.16. The van der Waals surface area contributed by atoms with Crippen molar-refractivity contribution in [1.29, 1.82) is 0 Å². The van der Waals surface area contributed by atoms with Gasteiger partial charge in [-0.15, -0.1) is 0 Å². The van der Waals surface area contributed by atoms with Crippen molar-refractivity contribution in [3.8, 4) is 0 Å². The molecule has 0 saturated carbocycles. The van der Waals surface area contributed by atoms with Crippen LogP contribution >= 0.6 is 0 Å². The van der Waals surface area contributed by atoms with Crippen molar-refractivity contribution in [2.24, 2.45) is 0 Å². The van der Waals surface area contributed by atoms with Crippen LogP contribution in [0, 0.1) is 6.54 Å². The van der Waals surface area contributed by atoms with Gasteiger partial charge >= 0.3 is 0 Å². The van der Waals surface area contributed by atoms with Crippen molar-refractivity contribution in [2.45, 2.75) is 12.8 Å². The molecule has 0 aliphatic carbocycles. The van der Waals surface area contributed by atoms with Crippen molar-refractivity contribution >= 4 is 0 Å². The van der Waals surface area contributed by atoms with Crippen molar-refractivity contribution in [3.05, 3.63) is 6.54 Å². The van der Waals surface area contributed by atoms with Crippen molar-refractivity contribution < 1.29 is 4.48 Å². The van der Waals surface area contributed by atoms with E-state index in [1.807, 2.05) is 0 Å². The molecule has 7 heavy (non-hydrogen) atoms. The molecule has 0 aromatic carbocycles. The van der Waals surface area contributed by atoms with Gasteiger partial charge in [-0.2, -0.15) is 0 Å². The zero-order valence-corrected chi connectivity index (χ0v) is 5.15. The normalized spacial score (nSPS) is 28.3. The van der Waals surface area contributed by atoms with Crippen molar-refractivity contribution in [3.63, 3.8) is 0 Å². The number of rotatable bonds is 0. The first-order valence-corrected chi connectivity index (χ1v) is 2.88. The van der Waals surface area contributed by atoms with E-state index in [0.29, 0.717) is 0 Å². The fourth-order valence-electron chi connectivity index (χ4n) is 1.03. The quantitative estimate of drug-likeness (QED) is 0.398. The molecular formula is C6H13N+. The summed E-state index contributed by atoms with van der Waals surface area (Å²) in [5.41, 5.74) is 0. The van der Waals surface area contributed by atoms with E-state index in [9.17, 15) is 0 Å². The van der Waals surface area contributed by atoms with E-state index in [2.05, 4.69) is 20.6 Å². The summed E-state index contributed by atoms with van der Waals surface area (Å²) in [6.45, 7) is 3.69. The van der Waals surface area contributed by atoms with Crippen LogP contribution < -0.4 is 0 Å². The molecule has 0 spiro atoms. The van der Waals surface area contributed by atoms with Gasteiger partial charge in [-0.05, 0) is 0 Å². The predicted octanol–water partition coefficient (Wildman–Crippen LogP) is 1.02. The second-order valence-corrected chi connectivity index (χ2v) is 2.83. The number of hydrogen-bond donors (Lipinski definition) is 0. The highest BCUT2D eigenvalue weighted by Gasteiger charge is 2.21. The van der Waals surface area contributed by atoms with Gasteiger partial charge in [-0.1, -0.05) is 0 Å². The van der Waals surface area contributed by atoms with Gasteiger partial charge < -0.3 is 4.48 Å². The lowest BCUT2D eigenvalue weighted by molar-refractivity contribution is -0.849. The molecule has 1 heterocycles. The van der Waals surface area contributed by atoms with Gasteiger partial charge in [0.2, 0.25) is 0 Å². The SMILES string of the molecule is C[N+]1(C)[CH]CCC1. The van der Waals surface area contributed by atoms with Crippen LogP contribution in [0.5, 0.6) is 0 Å². The Labute approximate surface area is 45.5 Å². The molecule has 1 aliphatic heterocycles. The molecule has 1 fully saturated rings. The van der Waals surface area contributed by atoms with Crippen LogP contribution in [-0.4, -0.2) is 25.1 Å². The maximum atomic E-state index is 2.36. The summed E-state index contributed by atoms with van der Waals surface area (Å²) >= 11 is 0. The van der Waals surface area contributed by atoms with E-state index in [4.69, 9.17) is 0 Å². The Morgan fingerprint density at radius 3 is 2.29 bits per heavy atom. The zero-order chi connectivity index (χ0) is 5.33. The maximum absolute atomic E-state index is 2.36. The number of quaternary nitrogens is 1. The molecule has 41 valence electrons. The van der Waals surface area contributed by atoms with Gasteiger partial charge in [-0.3, -0.25) is 0 Å². The van der Waals surface area contributed by atoms with Crippen LogP contribution in [0.1, 0.15) is 12.8 Å². The van der Waals surface area contributed by atoms with E-state index in [1.165, 1.54) is 19.4 Å². The molecule has 1 rings (SSSR count). The van der Waals surface area contributed by atoms with E-state index in [1.54, 1.807) is 0 Å². The van der Waals surface area contributed by atoms with Gasteiger partial charge in [0.05, 0.1) is 20.6 Å². The van der Waals surface area contributed by atoms with Crippen LogP contribution in [0.2, 0.25) is 0 Å². The predicted molar refractivity (Wildman–Crippen MR) is 30.5 cm³/mol. The Kier molecular flexibility index (Phi) is 1.08. The van der Waals surface area contributed by atoms with Gasteiger partial charge in [0.25, 0.3) is 0 Å². The van der Waals surface area contributed by atoms with Crippen LogP contribution in [0.25, 0.3) is 0 Å². The Hall–Kier alpha value is -0.0400. The molecule has 1 aliphatic rings. The smallest absolute Gasteiger partial charge is 0.141 e. The Bertz CT molecular complexity index is 58.6. The molecule has 0 amide bonds. The summed E-state index contributed by atoms with van der Waals surface area (Å²) in [6, 6.07) is 0. The molecule has 0 aromatic heterocycles. The molecule has 1 saturated heterocycles. The summed E-state index contributed by atoms with van der Waals surface area (Å²) in [4.78, 5) is 0. The number of likely N-dealkylation sites (tertiary alicyclic amines) is 1. The highest BCUT2D eigenvalue weighted by Crippen LogP contribution is 2.16. The Morgan fingerprint density at radius 1 is 1.43 bits per heavy atom. The minimum absolute atomic E-state index is 1.12. The standard InChI is InChI=1S/C6H13N/c1-7(2)5-3-4-6-7/h5H,3-4,6H2,1-2H3/q+1. The fourth-order valence-corrected chi connectivity index (χ4v) is 1.03. The molecule has 0 aromatic rings. The largest absolute Gasteiger partial charge is 0.321 e. The molecule has 0 N–H and O–H groups in total. The van der Waals surface area contributed by atoms with Gasteiger partial charge in [0, 0.05) is 12.8 Å². The Balaban J connectivity index is 2.40. The van der Waals surface area contributed by atoms with Crippen molar-refractivity contribution in [1.82, 2.24) is 0 Å². The first kappa shape index (κ1) is 5.10. The first-order valence-electron chi connectivity index (χ1n) is 2.88. The molecule has 0 atom stereocenters. The third-order valence-corrected chi connectivity index (χ3v) is 1.56. The second-order valence-electron chi connectivity index (χ2n) is 2.83. The average Bonchev–Trinajstić information content (AvgIpc) is 1.84. The Morgan fingerprint density at radius 2 is 2.14 bits per heavy atom. The molecule has 0 unspecified atom stereocenters. The number of nitrogens with zero attached hydrogens (tertiary/aromatic N) is 1. The maximum Gasteiger partial charge on any atom is 0.141 e. The molecule has 0 bridgehead atoms. The average molecular weight is 99.2 g/mol. The lowest BCUT2D eigenvalue weighted by atomic mass is 10.4. The topological polar surface area (TPSA) is 0 Å². The molecule has 1 nitrogen and oxygen atoms in total. The van der Waals surface area contributed by atoms with E-state index in [-0.39, 0.29) is 0 Å². The number of hydrogen-bond acceptors (Lipinski definition) is 0. The highest BCUT2D eigenvalue weighted by molar-refractivity contribution is 4.59. The van der Waals surface area contributed by atoms with Gasteiger partial charge in [0.15, 0.2) is 0 Å². The van der Waals surface area contributed by atoms with Crippen molar-refractivity contribution in [2.75, 3.05) is 20.6 Å². The molecule has 1 heteroatoms. The molecule has 1 radical (unpaired) electrons. The minimum Gasteiger partial charge on any atom is -0.321 e. The monoisotopic (exact) mass is 99.1 g/mol. The third-order valence-electron chi connectivity index (χ3n) is 1.56. The summed E-state index contributed by atoms with van der Waals surface area (Å²) < 4.78 is 1.12. The first-order chi connectivity index (χ1) is 3.21. The van der Waals surface area contributed by atoms with Gasteiger partial charge in [0.1, 0.15) is 6.54 Å². The highest BCUT2D eigenvalue weighted by atomic mass is 15.3. The van der Waals surface area contributed by atoms with Crippen LogP contribution in [-0.2, 0) is 0 Å². The van der Waals surface area contributed by atoms with Crippen LogP contribution in [0.3, 0.4) is 0 Å². The van der Waals surface area contributed by atoms with E-state index in [0.717, 1.165) is 4.48 Å². The summed E-state index contributed by atoms with van der Waals surface area (Å²) in [5.74, 6) is 0. The van der Waals surface area contributed by atoms with Crippen LogP contribution in [0.15, 0.2) is 0 Å². The minimum atomic E-state index is 1.12. The summed E-state index contributed by atoms with van der Waals surface area (Å²) in [6.07, 6.45) is 2.69. The summed E-state index contributed by atoms with van der Waals surface area (Å²) in [5, 5.41) is 0. The van der Waals surface area contributed by atoms with E-state index < -0.39 is 0 Å². The van der Waals surface area contributed by atoms with Crippen LogP contribution in [0.4, 0.5) is 0 Å².